The molecule has 3 aromatic heterocycles. The molecule has 24 heteroatoms. The SMILES string of the molecule is CC1(C)CC(Oc2nc(NCCCCCCN(CCCCCCNc3nc(OC4CC(C)(C)NC(C)(C)C4)nc(OC4CC(C)(C)NC(C)(C)C4)n3)c3nc(OC4CC(C)(C)NC(C)(C)C4)nc(OC4CC(C)(C)NC(C)(C)C4)n3)nc(OC3CC(C)(C)NC(C)(C)C3)n2)CC(C)(C)N1. The molecule has 24 nitrogen and oxygen atoms in total. The van der Waals surface area contributed by atoms with Crippen LogP contribution in [-0.2, 0) is 0 Å². The van der Waals surface area contributed by atoms with Gasteiger partial charge in [0.1, 0.15) is 36.6 Å². The quantitative estimate of drug-likeness (QED) is 0.0300. The van der Waals surface area contributed by atoms with E-state index in [2.05, 4.69) is 214 Å². The standard InChI is InChI=1S/C75H134N18O6/c1-64(2)37-49(38-65(3,4)87-64)94-58-78-55(79-59(84-58)95-50-39-66(5,6)88-67(7,8)40-50)76-33-29-25-27-31-35-93(57-82-62(98-53-45-72(17,18)91-73(19,20)46-53)86-63(83-57)99-54-47-74(21,22)92-75(23,24)48-54)36-32-28-26-30-34-77-56-80-60(96-51-41-68(9,10)89-69(11,12)42-51)85-61(81-56)97-52-43-70(13,14)90-71(15,16)44-52/h49-54,87-92H,25-48H2,1-24H3,(H,76,78,79,84)(H,77,80,81,85). The number of unbranched alkanes of at least 4 members (excludes halogenated alkanes) is 6. The Morgan fingerprint density at radius 3 is 0.646 bits per heavy atom. The van der Waals surface area contributed by atoms with Gasteiger partial charge >= 0.3 is 36.1 Å². The van der Waals surface area contributed by atoms with E-state index in [1.54, 1.807) is 0 Å². The van der Waals surface area contributed by atoms with Crippen LogP contribution in [0.25, 0.3) is 0 Å². The minimum absolute atomic E-state index is 0.0760. The molecule has 6 aliphatic heterocycles. The van der Waals surface area contributed by atoms with Crippen LogP contribution in [0.1, 0.15) is 295 Å². The summed E-state index contributed by atoms with van der Waals surface area (Å²) in [5, 5.41) is 29.8. The molecule has 0 atom stereocenters. The predicted molar refractivity (Wildman–Crippen MR) is 395 cm³/mol. The molecule has 0 radical (unpaired) electrons. The van der Waals surface area contributed by atoms with Crippen molar-refractivity contribution in [3.05, 3.63) is 0 Å². The van der Waals surface area contributed by atoms with E-state index >= 15 is 0 Å². The van der Waals surface area contributed by atoms with Crippen LogP contribution in [0, 0.1) is 0 Å². The van der Waals surface area contributed by atoms with Crippen molar-refractivity contribution in [1.29, 1.82) is 0 Å². The van der Waals surface area contributed by atoms with Crippen molar-refractivity contribution >= 4 is 17.8 Å². The summed E-state index contributed by atoms with van der Waals surface area (Å²) in [6, 6.07) is 1.78. The minimum Gasteiger partial charge on any atom is -0.460 e. The van der Waals surface area contributed by atoms with Crippen LogP contribution >= 0.6 is 0 Å². The summed E-state index contributed by atoms with van der Waals surface area (Å²) >= 11 is 0. The number of aromatic nitrogens is 9. The maximum atomic E-state index is 6.88. The second-order valence-corrected chi connectivity index (χ2v) is 38.6. The average Bonchev–Trinajstić information content (AvgIpc) is 0.789. The van der Waals surface area contributed by atoms with Crippen LogP contribution < -0.4 is 75.9 Å². The number of piperidine rings is 6. The number of anilines is 3. The number of hydrogen-bond donors (Lipinski definition) is 8. The highest BCUT2D eigenvalue weighted by atomic mass is 16.5. The molecule has 0 bridgehead atoms. The van der Waals surface area contributed by atoms with Gasteiger partial charge in [0.05, 0.1) is 0 Å². The molecule has 9 rings (SSSR count). The highest BCUT2D eigenvalue weighted by Crippen LogP contribution is 2.39. The monoisotopic (exact) mass is 1380 g/mol. The Balaban J connectivity index is 0.884. The highest BCUT2D eigenvalue weighted by molar-refractivity contribution is 5.33. The van der Waals surface area contributed by atoms with Crippen molar-refractivity contribution in [2.45, 2.75) is 398 Å². The number of nitrogens with one attached hydrogen (secondary N) is 8. The molecule has 0 aromatic carbocycles. The van der Waals surface area contributed by atoms with Crippen molar-refractivity contribution < 1.29 is 28.4 Å². The maximum absolute atomic E-state index is 6.88. The molecule has 560 valence electrons. The first-order valence-corrected chi connectivity index (χ1v) is 37.9. The fourth-order valence-corrected chi connectivity index (χ4v) is 18.7. The van der Waals surface area contributed by atoms with Crippen molar-refractivity contribution in [3.8, 4) is 36.1 Å². The summed E-state index contributed by atoms with van der Waals surface area (Å²) in [4.78, 5) is 46.7. The van der Waals surface area contributed by atoms with Gasteiger partial charge in [-0.1, -0.05) is 25.7 Å². The van der Waals surface area contributed by atoms with Gasteiger partial charge in [-0.3, -0.25) is 0 Å². The first kappa shape index (κ1) is 78.1. The van der Waals surface area contributed by atoms with E-state index in [9.17, 15) is 0 Å². The Kier molecular flexibility index (Phi) is 23.7. The summed E-state index contributed by atoms with van der Waals surface area (Å²) < 4.78 is 40.4. The molecule has 0 amide bonds. The molecule has 6 aliphatic rings. The van der Waals surface area contributed by atoms with Gasteiger partial charge in [-0.2, -0.15) is 29.9 Å². The largest absolute Gasteiger partial charge is 0.460 e. The second-order valence-electron chi connectivity index (χ2n) is 38.6. The zero-order valence-corrected chi connectivity index (χ0v) is 65.9. The van der Waals surface area contributed by atoms with Crippen molar-refractivity contribution in [1.82, 2.24) is 76.8 Å². The molecular formula is C75H134N18O6. The van der Waals surface area contributed by atoms with E-state index in [4.69, 9.17) is 73.3 Å². The van der Waals surface area contributed by atoms with Gasteiger partial charge in [0.15, 0.2) is 0 Å². The van der Waals surface area contributed by atoms with Gasteiger partial charge in [-0.05, 0) is 192 Å². The van der Waals surface area contributed by atoms with Crippen LogP contribution in [0.4, 0.5) is 17.8 Å². The highest BCUT2D eigenvalue weighted by Gasteiger charge is 2.45. The fraction of sp³-hybridized carbons (Fsp3) is 0.880. The summed E-state index contributed by atoms with van der Waals surface area (Å²) in [5.74, 6) is 1.50. The van der Waals surface area contributed by atoms with Gasteiger partial charge in [-0.25, -0.2) is 0 Å². The lowest BCUT2D eigenvalue weighted by molar-refractivity contribution is 0.0402. The number of rotatable bonds is 29. The summed E-state index contributed by atoms with van der Waals surface area (Å²) in [6.07, 6.45) is 16.9. The zero-order chi connectivity index (χ0) is 72.5. The number of nitrogens with zero attached hydrogens (tertiary/aromatic N) is 10. The topological polar surface area (TPSA) is 271 Å². The van der Waals surface area contributed by atoms with Gasteiger partial charge in [0.25, 0.3) is 0 Å². The van der Waals surface area contributed by atoms with Gasteiger partial charge in [0.2, 0.25) is 17.8 Å². The van der Waals surface area contributed by atoms with Crippen LogP contribution in [-0.4, -0.2) is 174 Å². The van der Waals surface area contributed by atoms with Crippen LogP contribution in [0.15, 0.2) is 0 Å². The van der Waals surface area contributed by atoms with Gasteiger partial charge < -0.3 is 75.9 Å². The molecule has 0 unspecified atom stereocenters. The molecule has 0 spiro atoms. The molecule has 9 heterocycles. The van der Waals surface area contributed by atoms with Crippen molar-refractivity contribution in [2.24, 2.45) is 0 Å². The molecule has 6 fully saturated rings. The maximum Gasteiger partial charge on any atom is 0.324 e. The second kappa shape index (κ2) is 30.0. The van der Waals surface area contributed by atoms with Crippen LogP contribution in [0.3, 0.4) is 0 Å². The summed E-state index contributed by atoms with van der Waals surface area (Å²) in [7, 11) is 0. The third-order valence-corrected chi connectivity index (χ3v) is 19.9. The third kappa shape index (κ3) is 25.1. The molecule has 6 saturated heterocycles. The molecular weight excluding hydrogens is 1250 g/mol. The Bertz CT molecular complexity index is 2740. The lowest BCUT2D eigenvalue weighted by atomic mass is 9.81. The normalized spacial score (nSPS) is 24.6. The Labute approximate surface area is 595 Å². The van der Waals surface area contributed by atoms with Crippen LogP contribution in [0.5, 0.6) is 36.1 Å². The Morgan fingerprint density at radius 2 is 0.444 bits per heavy atom. The average molecular weight is 1380 g/mol. The molecule has 0 saturated carbocycles. The van der Waals surface area contributed by atoms with E-state index in [0.717, 1.165) is 142 Å². The first-order valence-electron chi connectivity index (χ1n) is 37.9. The summed E-state index contributed by atoms with van der Waals surface area (Å²) in [5.41, 5.74) is -1.45. The van der Waals surface area contributed by atoms with Gasteiger partial charge in [0, 0.05) is 170 Å². The van der Waals surface area contributed by atoms with Crippen molar-refractivity contribution in [2.75, 3.05) is 41.7 Å². The smallest absolute Gasteiger partial charge is 0.324 e. The first-order chi connectivity index (χ1) is 45.6. The summed E-state index contributed by atoms with van der Waals surface area (Å²) in [6.45, 7) is 56.3. The predicted octanol–water partition coefficient (Wildman–Crippen LogP) is 12.5. The molecule has 3 aromatic rings. The van der Waals surface area contributed by atoms with Gasteiger partial charge in [-0.15, -0.1) is 15.0 Å². The third-order valence-electron chi connectivity index (χ3n) is 19.9. The van der Waals surface area contributed by atoms with E-state index in [1.807, 2.05) is 0 Å². The van der Waals surface area contributed by atoms with E-state index < -0.39 is 0 Å². The molecule has 99 heavy (non-hydrogen) atoms. The minimum atomic E-state index is -0.140. The van der Waals surface area contributed by atoms with Crippen LogP contribution in [0.2, 0.25) is 0 Å². The van der Waals surface area contributed by atoms with E-state index in [1.165, 1.54) is 0 Å². The Morgan fingerprint density at radius 1 is 0.263 bits per heavy atom. The van der Waals surface area contributed by atoms with Crippen molar-refractivity contribution in [3.63, 3.8) is 0 Å². The van der Waals surface area contributed by atoms with E-state index in [-0.39, 0.29) is 103 Å². The molecule has 0 aliphatic carbocycles. The lowest BCUT2D eigenvalue weighted by Crippen LogP contribution is -2.60. The fourth-order valence-electron chi connectivity index (χ4n) is 18.7. The Hall–Kier alpha value is -5.01. The zero-order valence-electron chi connectivity index (χ0n) is 65.9. The van der Waals surface area contributed by atoms with E-state index in [0.29, 0.717) is 67.0 Å². The number of hydrogen-bond acceptors (Lipinski definition) is 24. The number of ether oxygens (including phenoxy) is 6. The molecule has 8 N–H and O–H groups in total. The lowest BCUT2D eigenvalue weighted by Gasteiger charge is -2.46.